The number of likely N-dealkylation sites (N-methyl/N-ethyl adjacent to an activating group) is 2. The summed E-state index contributed by atoms with van der Waals surface area (Å²) in [5.74, 6) is 2.15. The molecule has 0 spiro atoms. The average molecular weight is 512 g/mol. The number of nitrogens with one attached hydrogen (secondary N) is 2. The first-order valence-corrected chi connectivity index (χ1v) is 12.6. The lowest BCUT2D eigenvalue weighted by molar-refractivity contribution is -0.0240. The maximum Gasteiger partial charge on any atom is 0.162 e. The van der Waals surface area contributed by atoms with Crippen molar-refractivity contribution in [3.63, 3.8) is 0 Å². The van der Waals surface area contributed by atoms with Crippen LogP contribution >= 0.6 is 0 Å². The van der Waals surface area contributed by atoms with E-state index in [2.05, 4.69) is 32.4 Å². The lowest BCUT2D eigenvalue weighted by Gasteiger charge is -2.27. The predicted octanol–water partition coefficient (Wildman–Crippen LogP) is 4.76. The molecule has 0 aliphatic carbocycles. The third kappa shape index (κ3) is 5.91. The van der Waals surface area contributed by atoms with E-state index < -0.39 is 0 Å². The van der Waals surface area contributed by atoms with E-state index in [4.69, 9.17) is 19.4 Å². The van der Waals surface area contributed by atoms with Gasteiger partial charge in [-0.2, -0.15) is 5.10 Å². The molecule has 0 aliphatic heterocycles. The van der Waals surface area contributed by atoms with Crippen molar-refractivity contribution in [1.82, 2.24) is 30.0 Å². The normalized spacial score (nSPS) is 12.5. The molecule has 0 bridgehead atoms. The van der Waals surface area contributed by atoms with Gasteiger partial charge in [-0.25, -0.2) is 9.97 Å². The minimum Gasteiger partial charge on any atom is -0.492 e. The number of H-pyrrole nitrogens is 1. The Hall–Kier alpha value is -4.05. The Kier molecular flexibility index (Phi) is 7.78. The lowest BCUT2D eigenvalue weighted by Crippen LogP contribution is -2.41. The molecular formula is C29H33N7O2. The van der Waals surface area contributed by atoms with Crippen molar-refractivity contribution in [2.75, 3.05) is 53.3 Å². The number of benzene rings is 3. The highest BCUT2D eigenvalue weighted by Crippen LogP contribution is 2.31. The quantitative estimate of drug-likeness (QED) is 0.245. The van der Waals surface area contributed by atoms with E-state index in [9.17, 15) is 0 Å². The zero-order valence-corrected chi connectivity index (χ0v) is 22.2. The van der Waals surface area contributed by atoms with Crippen molar-refractivity contribution in [2.45, 2.75) is 6.23 Å². The summed E-state index contributed by atoms with van der Waals surface area (Å²) in [5, 5.41) is 12.5. The molecule has 5 rings (SSSR count). The Bertz CT molecular complexity index is 1500. The number of fused-ring (bicyclic) bond motifs is 2. The van der Waals surface area contributed by atoms with Crippen molar-refractivity contribution in [3.05, 3.63) is 72.9 Å². The topological polar surface area (TPSA) is 91.4 Å². The van der Waals surface area contributed by atoms with Crippen LogP contribution in [-0.4, -0.2) is 84.1 Å². The van der Waals surface area contributed by atoms with Crippen molar-refractivity contribution in [2.24, 2.45) is 0 Å². The van der Waals surface area contributed by atoms with Crippen LogP contribution in [0.15, 0.2) is 72.9 Å². The molecule has 0 saturated carbocycles. The van der Waals surface area contributed by atoms with Gasteiger partial charge < -0.3 is 14.8 Å². The van der Waals surface area contributed by atoms with Crippen LogP contribution in [0, 0.1) is 0 Å². The average Bonchev–Trinajstić information content (AvgIpc) is 3.40. The molecule has 1 atom stereocenters. The van der Waals surface area contributed by atoms with Gasteiger partial charge in [-0.05, 0) is 57.5 Å². The molecule has 9 nitrogen and oxygen atoms in total. The van der Waals surface area contributed by atoms with E-state index in [1.54, 1.807) is 7.11 Å². The Morgan fingerprint density at radius 1 is 0.974 bits per heavy atom. The maximum absolute atomic E-state index is 6.14. The number of aromatic nitrogens is 4. The Labute approximate surface area is 222 Å². The highest BCUT2D eigenvalue weighted by atomic mass is 16.5. The van der Waals surface area contributed by atoms with Gasteiger partial charge in [0.1, 0.15) is 24.4 Å². The Balaban J connectivity index is 1.40. The van der Waals surface area contributed by atoms with Crippen LogP contribution in [0.25, 0.3) is 33.2 Å². The van der Waals surface area contributed by atoms with E-state index >= 15 is 0 Å². The fourth-order valence-electron chi connectivity index (χ4n) is 4.29. The number of methoxy groups -OCH3 is 1. The smallest absolute Gasteiger partial charge is 0.162 e. The molecule has 0 radical (unpaired) electrons. The fraction of sp³-hybridized carbons (Fsp3) is 0.276. The van der Waals surface area contributed by atoms with Crippen LogP contribution in [0.3, 0.4) is 0 Å². The maximum atomic E-state index is 6.14. The van der Waals surface area contributed by atoms with E-state index in [0.717, 1.165) is 51.9 Å². The van der Waals surface area contributed by atoms with E-state index in [-0.39, 0.29) is 6.23 Å². The fourth-order valence-corrected chi connectivity index (χ4v) is 4.29. The van der Waals surface area contributed by atoms with E-state index in [0.29, 0.717) is 18.2 Å². The minimum atomic E-state index is 0.0338. The van der Waals surface area contributed by atoms with Crippen LogP contribution in [0.4, 0.5) is 11.5 Å². The van der Waals surface area contributed by atoms with Crippen LogP contribution in [-0.2, 0) is 4.74 Å². The highest BCUT2D eigenvalue weighted by Gasteiger charge is 2.14. The van der Waals surface area contributed by atoms with Crippen LogP contribution in [0.2, 0.25) is 0 Å². The third-order valence-electron chi connectivity index (χ3n) is 6.46. The van der Waals surface area contributed by atoms with Gasteiger partial charge in [0.05, 0.1) is 17.2 Å². The molecular weight excluding hydrogens is 478 g/mol. The SMILES string of the molecule is COC(CN(C)CCOc1ccc2nc(-c3ccccc3)nc(Nc3ccc4[nH]ncc4c3)c2c1)N(C)C. The summed E-state index contributed by atoms with van der Waals surface area (Å²) < 4.78 is 11.7. The summed E-state index contributed by atoms with van der Waals surface area (Å²) in [4.78, 5) is 14.0. The zero-order valence-electron chi connectivity index (χ0n) is 22.2. The van der Waals surface area contributed by atoms with Crippen molar-refractivity contribution >= 4 is 33.3 Å². The zero-order chi connectivity index (χ0) is 26.5. The van der Waals surface area contributed by atoms with Gasteiger partial charge in [0, 0.05) is 42.2 Å². The molecule has 0 amide bonds. The lowest BCUT2D eigenvalue weighted by atomic mass is 10.1. The van der Waals surface area contributed by atoms with Gasteiger partial charge in [0.2, 0.25) is 0 Å². The molecule has 0 aliphatic rings. The molecule has 5 aromatic rings. The number of ether oxygens (including phenoxy) is 2. The summed E-state index contributed by atoms with van der Waals surface area (Å²) in [7, 11) is 7.82. The number of rotatable bonds is 11. The molecule has 0 saturated heterocycles. The number of nitrogens with zero attached hydrogens (tertiary/aromatic N) is 5. The van der Waals surface area contributed by atoms with Crippen molar-refractivity contribution in [1.29, 1.82) is 0 Å². The molecule has 1 unspecified atom stereocenters. The van der Waals surface area contributed by atoms with E-state index in [1.807, 2.05) is 87.0 Å². The third-order valence-corrected chi connectivity index (χ3v) is 6.46. The number of aromatic amines is 1. The summed E-state index contributed by atoms with van der Waals surface area (Å²) >= 11 is 0. The summed E-state index contributed by atoms with van der Waals surface area (Å²) in [6, 6.07) is 22.0. The molecule has 3 aromatic carbocycles. The summed E-state index contributed by atoms with van der Waals surface area (Å²) in [5.41, 5.74) is 3.69. The Morgan fingerprint density at radius 3 is 2.61 bits per heavy atom. The number of hydrogen-bond donors (Lipinski definition) is 2. The van der Waals surface area contributed by atoms with E-state index in [1.165, 1.54) is 0 Å². The molecule has 9 heteroatoms. The van der Waals surface area contributed by atoms with Crippen molar-refractivity contribution < 1.29 is 9.47 Å². The predicted molar refractivity (Wildman–Crippen MR) is 152 cm³/mol. The molecule has 2 aromatic heterocycles. The van der Waals surface area contributed by atoms with Gasteiger partial charge in [-0.15, -0.1) is 0 Å². The molecule has 196 valence electrons. The minimum absolute atomic E-state index is 0.0338. The molecule has 0 fully saturated rings. The largest absolute Gasteiger partial charge is 0.492 e. The van der Waals surface area contributed by atoms with Gasteiger partial charge in [-0.3, -0.25) is 14.9 Å². The number of anilines is 2. The van der Waals surface area contributed by atoms with Crippen LogP contribution in [0.5, 0.6) is 5.75 Å². The summed E-state index contributed by atoms with van der Waals surface area (Å²) in [6.07, 6.45) is 1.84. The second kappa shape index (κ2) is 11.6. The Morgan fingerprint density at radius 2 is 1.82 bits per heavy atom. The first-order valence-electron chi connectivity index (χ1n) is 12.6. The van der Waals surface area contributed by atoms with Gasteiger partial charge in [0.25, 0.3) is 0 Å². The second-order valence-electron chi connectivity index (χ2n) is 9.50. The molecule has 2 heterocycles. The monoisotopic (exact) mass is 511 g/mol. The van der Waals surface area contributed by atoms with Gasteiger partial charge >= 0.3 is 0 Å². The van der Waals surface area contributed by atoms with Gasteiger partial charge in [0.15, 0.2) is 5.82 Å². The second-order valence-corrected chi connectivity index (χ2v) is 9.50. The van der Waals surface area contributed by atoms with Crippen LogP contribution in [0.1, 0.15) is 0 Å². The first-order chi connectivity index (χ1) is 18.5. The van der Waals surface area contributed by atoms with Crippen molar-refractivity contribution in [3.8, 4) is 17.1 Å². The van der Waals surface area contributed by atoms with Crippen LogP contribution < -0.4 is 10.1 Å². The standard InChI is InChI=1S/C29H33N7O2/c1-35(2)27(37-4)19-36(3)14-15-38-23-11-13-26-24(17-23)29(33-28(32-26)20-8-6-5-7-9-20)31-22-10-12-25-21(16-22)18-30-34-25/h5-13,16-18,27H,14-15,19H2,1-4H3,(H,30,34)(H,31,32,33). The molecule has 38 heavy (non-hydrogen) atoms. The number of hydrogen-bond acceptors (Lipinski definition) is 8. The first kappa shape index (κ1) is 25.6. The molecule has 2 N–H and O–H groups in total. The highest BCUT2D eigenvalue weighted by molar-refractivity contribution is 5.94. The van der Waals surface area contributed by atoms with Gasteiger partial charge in [-0.1, -0.05) is 30.3 Å². The summed E-state index contributed by atoms with van der Waals surface area (Å²) in [6.45, 7) is 2.11.